The van der Waals surface area contributed by atoms with Crippen LogP contribution in [0.15, 0.2) is 24.3 Å². The first-order valence-electron chi connectivity index (χ1n) is 7.08. The fraction of sp³-hybridized carbons (Fsp3) is 0.562. The Morgan fingerprint density at radius 3 is 2.47 bits per heavy atom. The summed E-state index contributed by atoms with van der Waals surface area (Å²) in [4.78, 5) is 14.5. The average Bonchev–Trinajstić information content (AvgIpc) is 2.46. The van der Waals surface area contributed by atoms with Gasteiger partial charge in [-0.25, -0.2) is 0 Å². The lowest BCUT2D eigenvalue weighted by Gasteiger charge is -2.23. The van der Waals surface area contributed by atoms with Crippen LogP contribution in [0.1, 0.15) is 36.2 Å². The van der Waals surface area contributed by atoms with E-state index in [9.17, 15) is 4.79 Å². The highest BCUT2D eigenvalue weighted by Crippen LogP contribution is 2.10. The summed E-state index contributed by atoms with van der Waals surface area (Å²) in [6.45, 7) is 6.02. The molecule has 0 aliphatic carbocycles. The Morgan fingerprint density at radius 1 is 1.32 bits per heavy atom. The van der Waals surface area contributed by atoms with E-state index >= 15 is 0 Å². The molecular weight excluding hydrogens is 236 g/mol. The third-order valence-electron chi connectivity index (χ3n) is 3.62. The van der Waals surface area contributed by atoms with Crippen LogP contribution in [0, 0.1) is 0 Å². The lowest BCUT2D eigenvalue weighted by molar-refractivity contribution is 0.0868. The molecule has 0 radical (unpaired) electrons. The predicted octanol–water partition coefficient (Wildman–Crippen LogP) is 2.36. The molecule has 1 aromatic carbocycles. The molecule has 1 rings (SSSR count). The first kappa shape index (κ1) is 15.9. The number of carbonyl (C=O) groups excluding carboxylic acids is 1. The van der Waals surface area contributed by atoms with Crippen molar-refractivity contribution < 1.29 is 4.79 Å². The third-order valence-corrected chi connectivity index (χ3v) is 3.62. The van der Waals surface area contributed by atoms with E-state index in [4.69, 9.17) is 0 Å². The van der Waals surface area contributed by atoms with Crippen LogP contribution in [0.2, 0.25) is 0 Å². The summed E-state index contributed by atoms with van der Waals surface area (Å²) >= 11 is 0. The van der Waals surface area contributed by atoms with E-state index in [-0.39, 0.29) is 11.8 Å². The van der Waals surface area contributed by atoms with E-state index in [0.29, 0.717) is 0 Å². The largest absolute Gasteiger partial charge is 0.320 e. The highest BCUT2D eigenvalue weighted by Gasteiger charge is 2.18. The number of nitrogens with one attached hydrogen (secondary N) is 1. The maximum atomic E-state index is 12.4. The lowest BCUT2D eigenvalue weighted by Crippen LogP contribution is -2.37. The zero-order valence-corrected chi connectivity index (χ0v) is 12.6. The smallest absolute Gasteiger partial charge is 0.179 e. The Morgan fingerprint density at radius 2 is 1.95 bits per heavy atom. The van der Waals surface area contributed by atoms with Crippen LogP contribution in [0.4, 0.5) is 0 Å². The van der Waals surface area contributed by atoms with E-state index in [2.05, 4.69) is 17.1 Å². The molecule has 1 unspecified atom stereocenters. The van der Waals surface area contributed by atoms with Gasteiger partial charge in [0.15, 0.2) is 5.78 Å². The minimum absolute atomic E-state index is 0.0654. The molecule has 3 nitrogen and oxygen atoms in total. The van der Waals surface area contributed by atoms with Gasteiger partial charge in [-0.1, -0.05) is 31.2 Å². The van der Waals surface area contributed by atoms with E-state index in [1.807, 2.05) is 45.3 Å². The van der Waals surface area contributed by atoms with Crippen molar-refractivity contribution in [2.75, 3.05) is 27.2 Å². The summed E-state index contributed by atoms with van der Waals surface area (Å²) in [6, 6.07) is 7.91. The maximum absolute atomic E-state index is 12.4. The molecule has 0 spiro atoms. The van der Waals surface area contributed by atoms with E-state index in [1.165, 1.54) is 5.56 Å². The van der Waals surface area contributed by atoms with Crippen molar-refractivity contribution in [3.05, 3.63) is 35.4 Å². The minimum atomic E-state index is -0.0654. The van der Waals surface area contributed by atoms with Crippen LogP contribution in [-0.2, 0) is 6.42 Å². The fourth-order valence-corrected chi connectivity index (χ4v) is 2.04. The first-order valence-corrected chi connectivity index (χ1v) is 7.08. The molecule has 0 aliphatic heterocycles. The molecule has 0 saturated heterocycles. The van der Waals surface area contributed by atoms with E-state index in [1.54, 1.807) is 0 Å². The van der Waals surface area contributed by atoms with Gasteiger partial charge < -0.3 is 5.32 Å². The van der Waals surface area contributed by atoms with Crippen LogP contribution in [0.25, 0.3) is 0 Å². The zero-order chi connectivity index (χ0) is 14.3. The molecule has 0 heterocycles. The highest BCUT2D eigenvalue weighted by atomic mass is 16.1. The molecule has 0 aliphatic rings. The number of ketones is 1. The van der Waals surface area contributed by atoms with Crippen molar-refractivity contribution in [1.29, 1.82) is 0 Å². The van der Waals surface area contributed by atoms with E-state index in [0.717, 1.165) is 31.5 Å². The quantitative estimate of drug-likeness (QED) is 0.576. The maximum Gasteiger partial charge on any atom is 0.179 e. The lowest BCUT2D eigenvalue weighted by atomic mass is 10.0. The van der Waals surface area contributed by atoms with Crippen molar-refractivity contribution in [1.82, 2.24) is 10.2 Å². The number of hydrogen-bond acceptors (Lipinski definition) is 3. The molecule has 0 saturated carbocycles. The second-order valence-electron chi connectivity index (χ2n) is 5.03. The number of carbonyl (C=O) groups is 1. The molecule has 3 heteroatoms. The number of likely N-dealkylation sites (N-methyl/N-ethyl adjacent to an activating group) is 1. The fourth-order valence-electron chi connectivity index (χ4n) is 2.04. The van der Waals surface area contributed by atoms with Gasteiger partial charge in [0.05, 0.1) is 6.04 Å². The van der Waals surface area contributed by atoms with Crippen LogP contribution in [-0.4, -0.2) is 43.9 Å². The van der Waals surface area contributed by atoms with Gasteiger partial charge >= 0.3 is 0 Å². The summed E-state index contributed by atoms with van der Waals surface area (Å²) in [6.07, 6.45) is 2.06. The minimum Gasteiger partial charge on any atom is -0.320 e. The van der Waals surface area contributed by atoms with Crippen LogP contribution >= 0.6 is 0 Å². The molecule has 0 amide bonds. The highest BCUT2D eigenvalue weighted by molar-refractivity contribution is 5.99. The molecule has 0 aromatic heterocycles. The van der Waals surface area contributed by atoms with Crippen molar-refractivity contribution in [2.24, 2.45) is 0 Å². The summed E-state index contributed by atoms with van der Waals surface area (Å²) in [7, 11) is 3.96. The Kier molecular flexibility index (Phi) is 6.74. The van der Waals surface area contributed by atoms with Crippen molar-refractivity contribution in [2.45, 2.75) is 32.7 Å². The van der Waals surface area contributed by atoms with Gasteiger partial charge in [-0.2, -0.15) is 0 Å². The Bertz CT molecular complexity index is 386. The number of aryl methyl sites for hydroxylation is 1. The second kappa shape index (κ2) is 8.08. The Labute approximate surface area is 117 Å². The normalized spacial score (nSPS) is 12.7. The van der Waals surface area contributed by atoms with Crippen molar-refractivity contribution in [3.63, 3.8) is 0 Å². The van der Waals surface area contributed by atoms with Gasteiger partial charge in [-0.15, -0.1) is 0 Å². The summed E-state index contributed by atoms with van der Waals surface area (Å²) in [5.41, 5.74) is 2.08. The number of benzene rings is 1. The van der Waals surface area contributed by atoms with Gasteiger partial charge in [0.1, 0.15) is 0 Å². The van der Waals surface area contributed by atoms with Gasteiger partial charge in [0, 0.05) is 5.56 Å². The van der Waals surface area contributed by atoms with Crippen molar-refractivity contribution >= 4 is 5.78 Å². The SMILES string of the molecule is CCc1ccc(C(=O)C(C)N(C)CCCNC)cc1. The topological polar surface area (TPSA) is 32.3 Å². The van der Waals surface area contributed by atoms with Gasteiger partial charge in [-0.05, 0) is 52.5 Å². The van der Waals surface area contributed by atoms with Crippen LogP contribution in [0.3, 0.4) is 0 Å². The molecule has 19 heavy (non-hydrogen) atoms. The van der Waals surface area contributed by atoms with Gasteiger partial charge in [0.25, 0.3) is 0 Å². The van der Waals surface area contributed by atoms with E-state index < -0.39 is 0 Å². The molecule has 106 valence electrons. The third kappa shape index (κ3) is 4.77. The monoisotopic (exact) mass is 262 g/mol. The molecule has 1 N–H and O–H groups in total. The Balaban J connectivity index is 2.59. The van der Waals surface area contributed by atoms with Gasteiger partial charge in [0.2, 0.25) is 0 Å². The van der Waals surface area contributed by atoms with Crippen molar-refractivity contribution in [3.8, 4) is 0 Å². The molecule has 1 aromatic rings. The predicted molar refractivity (Wildman–Crippen MR) is 80.8 cm³/mol. The summed E-state index contributed by atoms with van der Waals surface area (Å²) < 4.78 is 0. The second-order valence-corrected chi connectivity index (χ2v) is 5.03. The van der Waals surface area contributed by atoms with Crippen LogP contribution < -0.4 is 5.32 Å². The number of Topliss-reactive ketones (excluding diaryl/α,β-unsaturated/α-hetero) is 1. The number of nitrogens with zero attached hydrogens (tertiary/aromatic N) is 1. The average molecular weight is 262 g/mol. The van der Waals surface area contributed by atoms with Crippen LogP contribution in [0.5, 0.6) is 0 Å². The molecular formula is C16H26N2O. The summed E-state index contributed by atoms with van der Waals surface area (Å²) in [5, 5.41) is 3.12. The molecule has 0 bridgehead atoms. The van der Waals surface area contributed by atoms with Gasteiger partial charge in [-0.3, -0.25) is 9.69 Å². The Hall–Kier alpha value is -1.19. The number of rotatable bonds is 8. The molecule has 1 atom stereocenters. The summed E-state index contributed by atoms with van der Waals surface area (Å²) in [5.74, 6) is 0.203. The first-order chi connectivity index (χ1) is 9.10. The number of hydrogen-bond donors (Lipinski definition) is 1. The zero-order valence-electron chi connectivity index (χ0n) is 12.6. The standard InChI is InChI=1S/C16H26N2O/c1-5-14-7-9-15(10-8-14)16(19)13(2)18(4)12-6-11-17-3/h7-10,13,17H,5-6,11-12H2,1-4H3. The molecule has 0 fully saturated rings.